The maximum Gasteiger partial charge on any atom is 0.271 e. The molecule has 7 rings (SSSR count). The van der Waals surface area contributed by atoms with Crippen LogP contribution in [0, 0.1) is 0 Å². The second kappa shape index (κ2) is 11.0. The first kappa shape index (κ1) is 26.4. The molecule has 4 aromatic carbocycles. The molecule has 4 nitrogen and oxygen atoms in total. The van der Waals surface area contributed by atoms with Crippen molar-refractivity contribution in [2.75, 3.05) is 0 Å². The predicted molar refractivity (Wildman–Crippen MR) is 172 cm³/mol. The van der Waals surface area contributed by atoms with Crippen LogP contribution in [0.1, 0.15) is 40.3 Å². The highest BCUT2D eigenvalue weighted by molar-refractivity contribution is 9.11. The molecule has 0 radical (unpaired) electrons. The highest BCUT2D eigenvalue weighted by Gasteiger charge is 2.32. The van der Waals surface area contributed by atoms with Gasteiger partial charge >= 0.3 is 0 Å². The summed E-state index contributed by atoms with van der Waals surface area (Å²) < 4.78 is 10.3. The fourth-order valence-electron chi connectivity index (χ4n) is 5.64. The van der Waals surface area contributed by atoms with Crippen molar-refractivity contribution < 1.29 is 4.74 Å². The molecule has 2 aliphatic rings. The molecule has 7 heteroatoms. The summed E-state index contributed by atoms with van der Waals surface area (Å²) in [6.45, 7) is 0.462. The van der Waals surface area contributed by atoms with Crippen LogP contribution < -0.4 is 19.6 Å². The molecule has 41 heavy (non-hydrogen) atoms. The van der Waals surface area contributed by atoms with Crippen molar-refractivity contribution in [2.45, 2.75) is 25.5 Å². The number of aryl methyl sites for hydroxylation is 1. The van der Waals surface area contributed by atoms with E-state index in [0.717, 1.165) is 54.7 Å². The molecule has 0 amide bonds. The van der Waals surface area contributed by atoms with Gasteiger partial charge in [-0.3, -0.25) is 9.36 Å². The number of fused-ring (bicyclic) bond motifs is 3. The van der Waals surface area contributed by atoms with E-state index < -0.39 is 0 Å². The van der Waals surface area contributed by atoms with Crippen LogP contribution in [-0.2, 0) is 13.0 Å². The predicted octanol–water partition coefficient (Wildman–Crippen LogP) is 7.42. The molecular formula is C34H24Br2N2O2S. The van der Waals surface area contributed by atoms with Crippen LogP contribution in [0.3, 0.4) is 0 Å². The highest BCUT2D eigenvalue weighted by atomic mass is 79.9. The van der Waals surface area contributed by atoms with Crippen molar-refractivity contribution in [3.63, 3.8) is 0 Å². The summed E-state index contributed by atoms with van der Waals surface area (Å²) >= 11 is 8.80. The van der Waals surface area contributed by atoms with Gasteiger partial charge in [-0.1, -0.05) is 96.3 Å². The molecule has 0 spiro atoms. The minimum atomic E-state index is -0.176. The van der Waals surface area contributed by atoms with Crippen molar-refractivity contribution in [3.8, 4) is 5.75 Å². The van der Waals surface area contributed by atoms with Gasteiger partial charge < -0.3 is 4.74 Å². The molecule has 0 saturated carbocycles. The van der Waals surface area contributed by atoms with Gasteiger partial charge in [0.2, 0.25) is 0 Å². The molecule has 1 atom stereocenters. The van der Waals surface area contributed by atoms with E-state index in [1.165, 1.54) is 28.0 Å². The average Bonchev–Trinajstić information content (AvgIpc) is 3.30. The van der Waals surface area contributed by atoms with Crippen LogP contribution in [0.25, 0.3) is 11.8 Å². The van der Waals surface area contributed by atoms with Gasteiger partial charge in [-0.2, -0.15) is 0 Å². The summed E-state index contributed by atoms with van der Waals surface area (Å²) in [6.07, 6.45) is 3.77. The van der Waals surface area contributed by atoms with Crippen molar-refractivity contribution in [3.05, 3.63) is 159 Å². The molecule has 1 aliphatic carbocycles. The lowest BCUT2D eigenvalue weighted by Gasteiger charge is -2.30. The van der Waals surface area contributed by atoms with Crippen LogP contribution in [0.5, 0.6) is 5.75 Å². The number of nitrogens with zero attached hydrogens (tertiary/aromatic N) is 2. The molecule has 5 aromatic rings. The number of allylic oxidation sites excluding steroid dienone is 1. The zero-order valence-corrected chi connectivity index (χ0v) is 25.9. The van der Waals surface area contributed by atoms with Crippen LogP contribution in [0.2, 0.25) is 0 Å². The minimum absolute atomic E-state index is 0.0235. The number of thiazole rings is 1. The second-order valence-electron chi connectivity index (χ2n) is 10.1. The van der Waals surface area contributed by atoms with Gasteiger partial charge in [0.1, 0.15) is 12.4 Å². The van der Waals surface area contributed by atoms with E-state index in [1.54, 1.807) is 0 Å². The Balaban J connectivity index is 1.32. The number of hydrogen-bond acceptors (Lipinski definition) is 4. The molecule has 0 unspecified atom stereocenters. The zero-order chi connectivity index (χ0) is 27.9. The molecule has 2 heterocycles. The third kappa shape index (κ3) is 4.96. The number of ether oxygens (including phenoxy) is 1. The Kier molecular flexibility index (Phi) is 7.11. The largest absolute Gasteiger partial charge is 0.487 e. The molecule has 0 saturated heterocycles. The van der Waals surface area contributed by atoms with Gasteiger partial charge in [-0.15, -0.1) is 0 Å². The summed E-state index contributed by atoms with van der Waals surface area (Å²) in [5, 5.41) is 0. The summed E-state index contributed by atoms with van der Waals surface area (Å²) in [5.41, 5.74) is 7.77. The Hall–Kier alpha value is -3.52. The first-order valence-electron chi connectivity index (χ1n) is 13.4. The first-order chi connectivity index (χ1) is 20.1. The Morgan fingerprint density at radius 2 is 1.59 bits per heavy atom. The summed E-state index contributed by atoms with van der Waals surface area (Å²) in [5.74, 6) is 0.725. The fraction of sp³-hybridized carbons (Fsp3) is 0.118. The molecule has 0 fully saturated rings. The number of benzene rings is 4. The van der Waals surface area contributed by atoms with Crippen LogP contribution in [0.4, 0.5) is 0 Å². The molecule has 202 valence electrons. The molecule has 1 aromatic heterocycles. The van der Waals surface area contributed by atoms with Gasteiger partial charge in [0.15, 0.2) is 4.80 Å². The maximum atomic E-state index is 14.0. The van der Waals surface area contributed by atoms with Gasteiger partial charge in [0, 0.05) is 5.56 Å². The maximum absolute atomic E-state index is 14.0. The molecular weight excluding hydrogens is 660 g/mol. The lowest BCUT2D eigenvalue weighted by molar-refractivity contribution is 0.302. The normalized spacial score (nSPS) is 16.0. The van der Waals surface area contributed by atoms with Gasteiger partial charge in [-0.25, -0.2) is 4.99 Å². The quantitative estimate of drug-likeness (QED) is 0.194. The second-order valence-corrected chi connectivity index (χ2v) is 12.8. The van der Waals surface area contributed by atoms with Crippen LogP contribution >= 0.6 is 43.2 Å². The number of halogens is 2. The molecule has 0 bridgehead atoms. The Morgan fingerprint density at radius 3 is 2.34 bits per heavy atom. The van der Waals surface area contributed by atoms with E-state index in [-0.39, 0.29) is 11.6 Å². The lowest BCUT2D eigenvalue weighted by atomic mass is 9.83. The average molecular weight is 684 g/mol. The number of rotatable bonds is 5. The smallest absolute Gasteiger partial charge is 0.271 e. The summed E-state index contributed by atoms with van der Waals surface area (Å²) in [6, 6.07) is 32.7. The zero-order valence-electron chi connectivity index (χ0n) is 21.9. The molecule has 0 N–H and O–H groups in total. The van der Waals surface area contributed by atoms with Gasteiger partial charge in [0.05, 0.1) is 25.2 Å². The van der Waals surface area contributed by atoms with E-state index >= 15 is 0 Å². The Bertz CT molecular complexity index is 1970. The summed E-state index contributed by atoms with van der Waals surface area (Å²) in [4.78, 5) is 19.9. The first-order valence-corrected chi connectivity index (χ1v) is 15.8. The van der Waals surface area contributed by atoms with Crippen molar-refractivity contribution in [2.24, 2.45) is 4.99 Å². The molecule has 1 aliphatic heterocycles. The third-order valence-corrected chi connectivity index (χ3v) is 9.69. The minimum Gasteiger partial charge on any atom is -0.487 e. The van der Waals surface area contributed by atoms with Crippen molar-refractivity contribution in [1.29, 1.82) is 0 Å². The van der Waals surface area contributed by atoms with Crippen LogP contribution in [0.15, 0.2) is 121 Å². The van der Waals surface area contributed by atoms with Gasteiger partial charge in [0.25, 0.3) is 5.56 Å². The van der Waals surface area contributed by atoms with E-state index in [1.807, 2.05) is 71.3 Å². The van der Waals surface area contributed by atoms with E-state index in [9.17, 15) is 4.79 Å². The number of aromatic nitrogens is 1. The van der Waals surface area contributed by atoms with Crippen LogP contribution in [-0.4, -0.2) is 4.57 Å². The van der Waals surface area contributed by atoms with Gasteiger partial charge in [-0.05, 0) is 90.7 Å². The Morgan fingerprint density at radius 1 is 0.902 bits per heavy atom. The standard InChI is InChI=1S/C34H24Br2N2O2S/c35-27-17-22(18-28(36)32(27)40-20-21-9-3-1-4-10-21)19-29-33(39)38-31(24-12-5-2-6-13-24)26-16-15-23-11-7-8-14-25(23)30(26)37-34(38)41-29/h1-14,17-19,31H,15-16,20H2/b29-19+/t31-/m1/s1. The topological polar surface area (TPSA) is 43.6 Å². The highest BCUT2D eigenvalue weighted by Crippen LogP contribution is 2.41. The third-order valence-electron chi connectivity index (χ3n) is 7.53. The Labute approximate surface area is 258 Å². The lowest BCUT2D eigenvalue weighted by Crippen LogP contribution is -2.38. The van der Waals surface area contributed by atoms with E-state index in [4.69, 9.17) is 9.73 Å². The SMILES string of the molecule is O=c1/c(=C\c2cc(Br)c(OCc3ccccc3)c(Br)c2)sc2n1[C@H](c1ccccc1)C1=C(N=2)c2ccccc2CC1. The fourth-order valence-corrected chi connectivity index (χ4v) is 8.09. The number of hydrogen-bond donors (Lipinski definition) is 0. The van der Waals surface area contributed by atoms with E-state index in [2.05, 4.69) is 68.3 Å². The monoisotopic (exact) mass is 682 g/mol. The van der Waals surface area contributed by atoms with Crippen molar-refractivity contribution >= 4 is 55.0 Å². The van der Waals surface area contributed by atoms with E-state index in [0.29, 0.717) is 11.1 Å². The van der Waals surface area contributed by atoms with Crippen molar-refractivity contribution in [1.82, 2.24) is 4.57 Å². The summed E-state index contributed by atoms with van der Waals surface area (Å²) in [7, 11) is 0.